The minimum atomic E-state index is 0.218. The van der Waals surface area contributed by atoms with Gasteiger partial charge in [-0.1, -0.05) is 6.07 Å². The highest BCUT2D eigenvalue weighted by Gasteiger charge is 2.31. The van der Waals surface area contributed by atoms with Gasteiger partial charge in [-0.15, -0.1) is 0 Å². The lowest BCUT2D eigenvalue weighted by Crippen LogP contribution is -2.43. The summed E-state index contributed by atoms with van der Waals surface area (Å²) in [4.78, 5) is 19.1. The van der Waals surface area contributed by atoms with Crippen LogP contribution >= 0.6 is 0 Å². The summed E-state index contributed by atoms with van der Waals surface area (Å²) >= 11 is 0. The number of nitrogens with one attached hydrogen (secondary N) is 1. The van der Waals surface area contributed by atoms with Crippen LogP contribution in [0.25, 0.3) is 0 Å². The molecule has 1 unspecified atom stereocenters. The summed E-state index contributed by atoms with van der Waals surface area (Å²) in [5.41, 5.74) is 3.54. The Bertz CT molecular complexity index is 752. The second kappa shape index (κ2) is 6.96. The minimum Gasteiger partial charge on any atom is -0.354 e. The number of carbonyl (C=O) groups is 1. The molecule has 2 aromatic rings. The topological polar surface area (TPSA) is 63.1 Å². The van der Waals surface area contributed by atoms with Crippen LogP contribution in [-0.2, 0) is 24.4 Å². The molecule has 0 aromatic carbocycles. The Balaban J connectivity index is 1.50. The Labute approximate surface area is 148 Å². The normalized spacial score (nSPS) is 20.8. The number of amides is 1. The highest BCUT2D eigenvalue weighted by Crippen LogP contribution is 2.29. The van der Waals surface area contributed by atoms with Crippen LogP contribution in [-0.4, -0.2) is 38.2 Å². The van der Waals surface area contributed by atoms with E-state index in [0.717, 1.165) is 44.6 Å². The molecule has 6 heteroatoms. The number of fused-ring (bicyclic) bond motifs is 1. The fraction of sp³-hybridized carbons (Fsp3) is 0.526. The monoisotopic (exact) mass is 339 g/mol. The molecule has 2 aliphatic rings. The van der Waals surface area contributed by atoms with E-state index in [1.807, 2.05) is 18.5 Å². The van der Waals surface area contributed by atoms with Gasteiger partial charge in [0.25, 0.3) is 0 Å². The molecule has 6 nitrogen and oxygen atoms in total. The lowest BCUT2D eigenvalue weighted by molar-refractivity contribution is -0.122. The minimum absolute atomic E-state index is 0.218. The van der Waals surface area contributed by atoms with Gasteiger partial charge < -0.3 is 5.32 Å². The van der Waals surface area contributed by atoms with Crippen LogP contribution in [0.1, 0.15) is 36.2 Å². The van der Waals surface area contributed by atoms with Crippen LogP contribution in [0.2, 0.25) is 0 Å². The van der Waals surface area contributed by atoms with Gasteiger partial charge in [-0.3, -0.25) is 19.4 Å². The number of rotatable bonds is 5. The Morgan fingerprint density at radius 2 is 2.16 bits per heavy atom. The smallest absolute Gasteiger partial charge is 0.223 e. The van der Waals surface area contributed by atoms with Crippen molar-refractivity contribution in [1.82, 2.24) is 25.0 Å². The van der Waals surface area contributed by atoms with Crippen LogP contribution in [0.3, 0.4) is 0 Å². The van der Waals surface area contributed by atoms with Crippen molar-refractivity contribution in [3.05, 3.63) is 47.5 Å². The quantitative estimate of drug-likeness (QED) is 0.903. The second-order valence-corrected chi connectivity index (χ2v) is 7.18. The van der Waals surface area contributed by atoms with E-state index in [4.69, 9.17) is 0 Å². The number of carbonyl (C=O) groups excluding carboxylic acids is 1. The first-order valence-corrected chi connectivity index (χ1v) is 9.13. The van der Waals surface area contributed by atoms with Crippen molar-refractivity contribution in [1.29, 1.82) is 0 Å². The van der Waals surface area contributed by atoms with Gasteiger partial charge in [-0.05, 0) is 43.9 Å². The third-order valence-corrected chi connectivity index (χ3v) is 5.29. The van der Waals surface area contributed by atoms with E-state index in [1.165, 1.54) is 11.3 Å². The number of aryl methyl sites for hydroxylation is 2. The average Bonchev–Trinajstić information content (AvgIpc) is 3.39. The maximum Gasteiger partial charge on any atom is 0.223 e. The lowest BCUT2D eigenvalue weighted by atomic mass is 10.1. The average molecular weight is 339 g/mol. The van der Waals surface area contributed by atoms with Crippen molar-refractivity contribution in [2.24, 2.45) is 5.92 Å². The first kappa shape index (κ1) is 16.3. The zero-order chi connectivity index (χ0) is 17.2. The molecule has 0 bridgehead atoms. The van der Waals surface area contributed by atoms with E-state index >= 15 is 0 Å². The molecule has 25 heavy (non-hydrogen) atoms. The Morgan fingerprint density at radius 3 is 2.96 bits per heavy atom. The molecule has 132 valence electrons. The van der Waals surface area contributed by atoms with Crippen molar-refractivity contribution in [2.75, 3.05) is 6.54 Å². The number of nitrogens with zero attached hydrogens (tertiary/aromatic N) is 4. The van der Waals surface area contributed by atoms with Crippen molar-refractivity contribution < 1.29 is 4.79 Å². The molecule has 0 saturated heterocycles. The number of aromatic nitrogens is 3. The molecule has 1 aliphatic heterocycles. The van der Waals surface area contributed by atoms with Crippen LogP contribution in [0.4, 0.5) is 0 Å². The van der Waals surface area contributed by atoms with Gasteiger partial charge in [-0.25, -0.2) is 0 Å². The van der Waals surface area contributed by atoms with Crippen LogP contribution in [0, 0.1) is 12.8 Å². The summed E-state index contributed by atoms with van der Waals surface area (Å²) in [6, 6.07) is 6.47. The molecule has 1 aliphatic carbocycles. The van der Waals surface area contributed by atoms with Crippen LogP contribution in [0.15, 0.2) is 30.6 Å². The van der Waals surface area contributed by atoms with Crippen molar-refractivity contribution >= 4 is 5.91 Å². The first-order valence-electron chi connectivity index (χ1n) is 9.13. The fourth-order valence-corrected chi connectivity index (χ4v) is 3.49. The van der Waals surface area contributed by atoms with Crippen LogP contribution < -0.4 is 5.32 Å². The maximum atomic E-state index is 12.1. The molecule has 1 N–H and O–H groups in total. The van der Waals surface area contributed by atoms with Gasteiger partial charge in [0.15, 0.2) is 0 Å². The standard InChI is InChI=1S/C19H25N5O/c1-14-3-2-8-20-18(14)13-23-12-17-6-9-22-24(17)10-7-16(23)11-21-19(25)15-4-5-15/h2-3,6,8-9,15-16H,4-5,7,10-13H2,1H3,(H,21,25). The van der Waals surface area contributed by atoms with Gasteiger partial charge in [-0.2, -0.15) is 5.10 Å². The molecule has 1 saturated carbocycles. The van der Waals surface area contributed by atoms with Crippen molar-refractivity contribution in [2.45, 2.75) is 51.9 Å². The second-order valence-electron chi connectivity index (χ2n) is 7.18. The highest BCUT2D eigenvalue weighted by atomic mass is 16.2. The zero-order valence-electron chi connectivity index (χ0n) is 14.7. The predicted octanol–water partition coefficient (Wildman–Crippen LogP) is 1.89. The summed E-state index contributed by atoms with van der Waals surface area (Å²) in [6.07, 6.45) is 6.79. The Hall–Kier alpha value is -2.21. The Kier molecular flexibility index (Phi) is 4.53. The van der Waals surface area contributed by atoms with E-state index < -0.39 is 0 Å². The van der Waals surface area contributed by atoms with Crippen molar-refractivity contribution in [3.63, 3.8) is 0 Å². The van der Waals surface area contributed by atoms with Gasteiger partial charge in [0.2, 0.25) is 5.91 Å². The molecule has 4 rings (SSSR count). The molecule has 1 atom stereocenters. The van der Waals surface area contributed by atoms with Crippen LogP contribution in [0.5, 0.6) is 0 Å². The van der Waals surface area contributed by atoms with E-state index in [-0.39, 0.29) is 11.8 Å². The molecule has 3 heterocycles. The highest BCUT2D eigenvalue weighted by molar-refractivity contribution is 5.80. The molecular weight excluding hydrogens is 314 g/mol. The summed E-state index contributed by atoms with van der Waals surface area (Å²) in [7, 11) is 0. The zero-order valence-corrected chi connectivity index (χ0v) is 14.7. The van der Waals surface area contributed by atoms with Gasteiger partial charge >= 0.3 is 0 Å². The summed E-state index contributed by atoms with van der Waals surface area (Å²) in [5, 5.41) is 7.59. The summed E-state index contributed by atoms with van der Waals surface area (Å²) in [6.45, 7) is 5.33. The number of hydrogen-bond acceptors (Lipinski definition) is 4. The molecule has 1 amide bonds. The predicted molar refractivity (Wildman–Crippen MR) is 94.6 cm³/mol. The SMILES string of the molecule is Cc1cccnc1CN1Cc2ccnn2CCC1CNC(=O)C1CC1. The fourth-order valence-electron chi connectivity index (χ4n) is 3.49. The molecule has 0 radical (unpaired) electrons. The van der Waals surface area contributed by atoms with E-state index in [1.54, 1.807) is 0 Å². The molecule has 1 fully saturated rings. The summed E-state index contributed by atoms with van der Waals surface area (Å²) in [5.74, 6) is 0.476. The molecule has 0 spiro atoms. The van der Waals surface area contributed by atoms with E-state index in [9.17, 15) is 4.79 Å². The van der Waals surface area contributed by atoms with Gasteiger partial charge in [0, 0.05) is 50.5 Å². The molecular formula is C19H25N5O. The third kappa shape index (κ3) is 3.74. The first-order chi connectivity index (χ1) is 12.2. The van der Waals surface area contributed by atoms with Gasteiger partial charge in [0.05, 0.1) is 11.4 Å². The Morgan fingerprint density at radius 1 is 1.28 bits per heavy atom. The summed E-state index contributed by atoms with van der Waals surface area (Å²) < 4.78 is 2.08. The van der Waals surface area contributed by atoms with Gasteiger partial charge in [0.1, 0.15) is 0 Å². The molecule has 2 aromatic heterocycles. The largest absolute Gasteiger partial charge is 0.354 e. The number of hydrogen-bond donors (Lipinski definition) is 1. The lowest BCUT2D eigenvalue weighted by Gasteiger charge is -2.30. The van der Waals surface area contributed by atoms with E-state index in [2.05, 4.69) is 44.0 Å². The maximum absolute atomic E-state index is 12.1. The van der Waals surface area contributed by atoms with Crippen molar-refractivity contribution in [3.8, 4) is 0 Å². The van der Waals surface area contributed by atoms with E-state index in [0.29, 0.717) is 12.6 Å². The number of pyridine rings is 1. The third-order valence-electron chi connectivity index (χ3n) is 5.29.